The summed E-state index contributed by atoms with van der Waals surface area (Å²) in [5, 5.41) is 6.53. The molecule has 2 aromatic carbocycles. The number of nitrogens with one attached hydrogen (secondary N) is 2. The fourth-order valence-electron chi connectivity index (χ4n) is 3.96. The molecule has 0 bridgehead atoms. The number of amides is 1. The number of hydrogen-bond acceptors (Lipinski definition) is 4. The van der Waals surface area contributed by atoms with Crippen molar-refractivity contribution in [2.45, 2.75) is 46.1 Å². The minimum atomic E-state index is -0.00521. The first-order valence-corrected chi connectivity index (χ1v) is 12.1. The summed E-state index contributed by atoms with van der Waals surface area (Å²) >= 11 is 0. The van der Waals surface area contributed by atoms with Crippen molar-refractivity contribution in [3.63, 3.8) is 0 Å². The second kappa shape index (κ2) is 9.29. The molecule has 0 saturated heterocycles. The van der Waals surface area contributed by atoms with Crippen LogP contribution in [-0.2, 0) is 6.42 Å². The van der Waals surface area contributed by atoms with E-state index in [1.165, 1.54) is 5.56 Å². The molecule has 5 rings (SSSR count). The van der Waals surface area contributed by atoms with Crippen LogP contribution in [0.25, 0.3) is 28.2 Å². The van der Waals surface area contributed by atoms with E-state index in [1.54, 1.807) is 0 Å². The standard InChI is InChI=1S/C28H31N5O/c1-4-19-5-7-20(8-6-19)24-17-33-25(16-30-27(33)26(32-24)29-15-18(2)3)21-9-11-22(12-10-21)28(34)31-23-13-14-23/h5-12,16-18,23H,4,13-15H2,1-3H3,(H,29,32)(H,31,34). The maximum absolute atomic E-state index is 12.4. The van der Waals surface area contributed by atoms with Crippen molar-refractivity contribution in [1.29, 1.82) is 0 Å². The number of aryl methyl sites for hydroxylation is 1. The summed E-state index contributed by atoms with van der Waals surface area (Å²) in [6.45, 7) is 7.32. The minimum Gasteiger partial charge on any atom is -0.367 e. The Kier molecular flexibility index (Phi) is 6.05. The number of rotatable bonds is 8. The van der Waals surface area contributed by atoms with E-state index >= 15 is 0 Å². The minimum absolute atomic E-state index is 0.00521. The van der Waals surface area contributed by atoms with E-state index in [2.05, 4.69) is 60.1 Å². The number of carbonyl (C=O) groups excluding carboxylic acids is 1. The number of nitrogens with zero attached hydrogens (tertiary/aromatic N) is 3. The summed E-state index contributed by atoms with van der Waals surface area (Å²) in [6, 6.07) is 16.7. The Balaban J connectivity index is 1.54. The van der Waals surface area contributed by atoms with Crippen LogP contribution in [0.4, 0.5) is 5.82 Å². The summed E-state index contributed by atoms with van der Waals surface area (Å²) in [7, 11) is 0. The van der Waals surface area contributed by atoms with Crippen molar-refractivity contribution in [3.8, 4) is 22.5 Å². The van der Waals surface area contributed by atoms with Gasteiger partial charge in [0.1, 0.15) is 0 Å². The fraction of sp³-hybridized carbons (Fsp3) is 0.321. The molecule has 2 heterocycles. The first kappa shape index (κ1) is 22.1. The Morgan fingerprint density at radius 3 is 2.41 bits per heavy atom. The molecule has 0 unspecified atom stereocenters. The van der Waals surface area contributed by atoms with E-state index in [-0.39, 0.29) is 5.91 Å². The monoisotopic (exact) mass is 453 g/mol. The molecule has 1 saturated carbocycles. The smallest absolute Gasteiger partial charge is 0.251 e. The molecule has 0 spiro atoms. The lowest BCUT2D eigenvalue weighted by Gasteiger charge is -2.13. The highest BCUT2D eigenvalue weighted by Crippen LogP contribution is 2.28. The van der Waals surface area contributed by atoms with Crippen molar-refractivity contribution in [2.75, 3.05) is 11.9 Å². The van der Waals surface area contributed by atoms with E-state index in [0.717, 1.165) is 59.8 Å². The lowest BCUT2D eigenvalue weighted by atomic mass is 10.1. The van der Waals surface area contributed by atoms with Gasteiger partial charge in [-0.2, -0.15) is 0 Å². The third-order valence-electron chi connectivity index (χ3n) is 6.18. The molecule has 4 aromatic rings. The number of aromatic nitrogens is 3. The second-order valence-corrected chi connectivity index (χ2v) is 9.46. The Morgan fingerprint density at radius 2 is 1.76 bits per heavy atom. The van der Waals surface area contributed by atoms with Crippen LogP contribution in [0, 0.1) is 5.92 Å². The predicted molar refractivity (Wildman–Crippen MR) is 137 cm³/mol. The highest BCUT2D eigenvalue weighted by Gasteiger charge is 2.23. The van der Waals surface area contributed by atoms with Crippen molar-refractivity contribution in [3.05, 3.63) is 72.1 Å². The highest BCUT2D eigenvalue weighted by atomic mass is 16.1. The number of carbonyl (C=O) groups is 1. The third-order valence-corrected chi connectivity index (χ3v) is 6.18. The zero-order valence-electron chi connectivity index (χ0n) is 20.0. The van der Waals surface area contributed by atoms with E-state index in [1.807, 2.05) is 36.7 Å². The second-order valence-electron chi connectivity index (χ2n) is 9.46. The third kappa shape index (κ3) is 4.67. The summed E-state index contributed by atoms with van der Waals surface area (Å²) < 4.78 is 2.10. The van der Waals surface area contributed by atoms with Crippen LogP contribution < -0.4 is 10.6 Å². The lowest BCUT2D eigenvalue weighted by Crippen LogP contribution is -2.25. The molecule has 6 heteroatoms. The van der Waals surface area contributed by atoms with Gasteiger partial charge in [0.2, 0.25) is 0 Å². The topological polar surface area (TPSA) is 71.3 Å². The van der Waals surface area contributed by atoms with Gasteiger partial charge in [-0.25, -0.2) is 9.97 Å². The first-order chi connectivity index (χ1) is 16.5. The van der Waals surface area contributed by atoms with Gasteiger partial charge >= 0.3 is 0 Å². The van der Waals surface area contributed by atoms with Gasteiger partial charge < -0.3 is 10.6 Å². The molecular formula is C28H31N5O. The molecule has 174 valence electrons. The van der Waals surface area contributed by atoms with Crippen molar-refractivity contribution >= 4 is 17.4 Å². The van der Waals surface area contributed by atoms with Crippen molar-refractivity contribution < 1.29 is 4.79 Å². The van der Waals surface area contributed by atoms with Gasteiger partial charge in [0.15, 0.2) is 11.5 Å². The largest absolute Gasteiger partial charge is 0.367 e. The zero-order valence-corrected chi connectivity index (χ0v) is 20.0. The van der Waals surface area contributed by atoms with Gasteiger partial charge in [0.05, 0.1) is 17.6 Å². The lowest BCUT2D eigenvalue weighted by molar-refractivity contribution is 0.0951. The van der Waals surface area contributed by atoms with Gasteiger partial charge in [-0.3, -0.25) is 9.20 Å². The van der Waals surface area contributed by atoms with Crippen molar-refractivity contribution in [2.24, 2.45) is 5.92 Å². The summed E-state index contributed by atoms with van der Waals surface area (Å²) in [5.41, 5.74) is 6.70. The average molecular weight is 454 g/mol. The van der Waals surface area contributed by atoms with Crippen LogP contribution in [-0.4, -0.2) is 32.9 Å². The van der Waals surface area contributed by atoms with Gasteiger partial charge in [0, 0.05) is 35.5 Å². The van der Waals surface area contributed by atoms with Crippen LogP contribution in [0.1, 0.15) is 49.5 Å². The summed E-state index contributed by atoms with van der Waals surface area (Å²) in [6.07, 6.45) is 7.09. The SMILES string of the molecule is CCc1ccc(-c2cn3c(-c4ccc(C(=O)NC5CC5)cc4)cnc3c(NCC(C)C)n2)cc1. The molecule has 2 aromatic heterocycles. The zero-order chi connectivity index (χ0) is 23.7. The van der Waals surface area contributed by atoms with E-state index in [0.29, 0.717) is 17.5 Å². The van der Waals surface area contributed by atoms with Gasteiger partial charge in [-0.05, 0) is 42.9 Å². The number of anilines is 1. The van der Waals surface area contributed by atoms with Gasteiger partial charge in [-0.1, -0.05) is 57.2 Å². The van der Waals surface area contributed by atoms with E-state index in [9.17, 15) is 4.79 Å². The number of benzene rings is 2. The quantitative estimate of drug-likeness (QED) is 0.365. The highest BCUT2D eigenvalue weighted by molar-refractivity contribution is 5.95. The molecule has 2 N–H and O–H groups in total. The van der Waals surface area contributed by atoms with Crippen LogP contribution in [0.15, 0.2) is 60.9 Å². The molecule has 0 atom stereocenters. The van der Waals surface area contributed by atoms with Crippen LogP contribution in [0.3, 0.4) is 0 Å². The molecule has 34 heavy (non-hydrogen) atoms. The Morgan fingerprint density at radius 1 is 1.06 bits per heavy atom. The molecule has 0 radical (unpaired) electrons. The summed E-state index contributed by atoms with van der Waals surface area (Å²) in [5.74, 6) is 1.25. The van der Waals surface area contributed by atoms with Crippen LogP contribution in [0.2, 0.25) is 0 Å². The average Bonchev–Trinajstić information content (AvgIpc) is 3.57. The normalized spacial score (nSPS) is 13.4. The van der Waals surface area contributed by atoms with Gasteiger partial charge in [0.25, 0.3) is 5.91 Å². The first-order valence-electron chi connectivity index (χ1n) is 12.1. The fourth-order valence-corrected chi connectivity index (χ4v) is 3.96. The molecule has 6 nitrogen and oxygen atoms in total. The molecule has 1 aliphatic rings. The molecule has 1 aliphatic carbocycles. The van der Waals surface area contributed by atoms with Crippen LogP contribution >= 0.6 is 0 Å². The van der Waals surface area contributed by atoms with Crippen LogP contribution in [0.5, 0.6) is 0 Å². The summed E-state index contributed by atoms with van der Waals surface area (Å²) in [4.78, 5) is 22.0. The number of hydrogen-bond donors (Lipinski definition) is 2. The van der Waals surface area contributed by atoms with Gasteiger partial charge in [-0.15, -0.1) is 0 Å². The van der Waals surface area contributed by atoms with Crippen molar-refractivity contribution in [1.82, 2.24) is 19.7 Å². The predicted octanol–water partition coefficient (Wildman–Crippen LogP) is 5.59. The maximum atomic E-state index is 12.4. The number of imidazole rings is 1. The maximum Gasteiger partial charge on any atom is 0.251 e. The Hall–Kier alpha value is -3.67. The van der Waals surface area contributed by atoms with E-state index in [4.69, 9.17) is 9.97 Å². The molecular weight excluding hydrogens is 422 g/mol. The Bertz CT molecular complexity index is 1300. The number of fused-ring (bicyclic) bond motifs is 1. The van der Waals surface area contributed by atoms with E-state index < -0.39 is 0 Å². The Labute approximate surface area is 200 Å². The molecule has 1 amide bonds. The molecule has 1 fully saturated rings. The molecule has 0 aliphatic heterocycles.